The first kappa shape index (κ1) is 13.6. The minimum Gasteiger partial charge on any atom is -0.0955 e. The van der Waals surface area contributed by atoms with Gasteiger partial charge in [-0.05, 0) is 54.8 Å². The molecule has 22 heavy (non-hydrogen) atoms. The maximum atomic E-state index is 4.54. The number of hydrogen-bond donors (Lipinski definition) is 0. The fourth-order valence-electron chi connectivity index (χ4n) is 8.13. The third-order valence-corrected chi connectivity index (χ3v) is 9.00. The molecule has 118 valence electrons. The summed E-state index contributed by atoms with van der Waals surface area (Å²) in [5, 5.41) is 0. The Hall–Kier alpha value is -0.780. The Labute approximate surface area is 135 Å². The molecule has 4 atom stereocenters. The first-order valence-corrected chi connectivity index (χ1v) is 9.49. The molecule has 0 nitrogen and oxygen atoms in total. The molecular weight excluding hydrogens is 264 g/mol. The smallest absolute Gasteiger partial charge is 0.0107 e. The van der Waals surface area contributed by atoms with Gasteiger partial charge >= 0.3 is 0 Å². The standard InChI is InChI=1S/C22H30/c1-15-14-17-20(4)16(9-13-21(17)10-5-6-11-21)8-7-12-22(20)18(15)19(22,2)3/h7,12,14,16,18H,1,5-6,8-11,13H2,2-4H3. The summed E-state index contributed by atoms with van der Waals surface area (Å²) in [5.41, 5.74) is 4.99. The van der Waals surface area contributed by atoms with Crippen LogP contribution in [0.25, 0.3) is 0 Å². The van der Waals surface area contributed by atoms with Gasteiger partial charge in [-0.25, -0.2) is 0 Å². The van der Waals surface area contributed by atoms with E-state index in [1.807, 2.05) is 5.57 Å². The van der Waals surface area contributed by atoms with Gasteiger partial charge in [0.15, 0.2) is 0 Å². The molecule has 0 bridgehead atoms. The molecule has 3 fully saturated rings. The van der Waals surface area contributed by atoms with Crippen LogP contribution in [0.2, 0.25) is 0 Å². The summed E-state index contributed by atoms with van der Waals surface area (Å²) >= 11 is 0. The Bertz CT molecular complexity index is 624. The van der Waals surface area contributed by atoms with Crippen LogP contribution < -0.4 is 0 Å². The summed E-state index contributed by atoms with van der Waals surface area (Å²) in [4.78, 5) is 0. The summed E-state index contributed by atoms with van der Waals surface area (Å²) in [6.45, 7) is 12.2. The monoisotopic (exact) mass is 294 g/mol. The molecule has 0 saturated heterocycles. The Morgan fingerprint density at radius 2 is 1.82 bits per heavy atom. The Morgan fingerprint density at radius 3 is 2.55 bits per heavy atom. The maximum Gasteiger partial charge on any atom is 0.0107 e. The molecule has 0 heterocycles. The lowest BCUT2D eigenvalue weighted by molar-refractivity contribution is 0.0226. The van der Waals surface area contributed by atoms with E-state index in [1.54, 1.807) is 0 Å². The van der Waals surface area contributed by atoms with Gasteiger partial charge in [-0.15, -0.1) is 0 Å². The van der Waals surface area contributed by atoms with Crippen LogP contribution in [0, 0.1) is 33.5 Å². The summed E-state index contributed by atoms with van der Waals surface area (Å²) in [5.74, 6) is 1.55. The van der Waals surface area contributed by atoms with Gasteiger partial charge < -0.3 is 0 Å². The van der Waals surface area contributed by atoms with Crippen LogP contribution in [0.4, 0.5) is 0 Å². The summed E-state index contributed by atoms with van der Waals surface area (Å²) < 4.78 is 0. The van der Waals surface area contributed by atoms with Crippen LogP contribution >= 0.6 is 0 Å². The molecule has 0 aromatic rings. The van der Waals surface area contributed by atoms with Crippen LogP contribution in [0.1, 0.15) is 65.7 Å². The predicted molar refractivity (Wildman–Crippen MR) is 92.4 cm³/mol. The molecule has 3 saturated carbocycles. The zero-order chi connectivity index (χ0) is 15.4. The highest BCUT2D eigenvalue weighted by Gasteiger charge is 2.81. The molecule has 5 rings (SSSR count). The second kappa shape index (κ2) is 3.65. The van der Waals surface area contributed by atoms with E-state index in [-0.39, 0.29) is 0 Å². The topological polar surface area (TPSA) is 0 Å². The predicted octanol–water partition coefficient (Wildman–Crippen LogP) is 6.06. The third-order valence-electron chi connectivity index (χ3n) is 9.00. The van der Waals surface area contributed by atoms with Gasteiger partial charge in [-0.3, -0.25) is 0 Å². The van der Waals surface area contributed by atoms with Crippen LogP contribution in [0.5, 0.6) is 0 Å². The van der Waals surface area contributed by atoms with Crippen molar-refractivity contribution in [3.05, 3.63) is 36.0 Å². The Kier molecular flexibility index (Phi) is 2.26. The van der Waals surface area contributed by atoms with Gasteiger partial charge in [0.1, 0.15) is 0 Å². The van der Waals surface area contributed by atoms with Crippen molar-refractivity contribution in [2.24, 2.45) is 33.5 Å². The Morgan fingerprint density at radius 1 is 1.09 bits per heavy atom. The summed E-state index contributed by atoms with van der Waals surface area (Å²) in [6, 6.07) is 0. The quantitative estimate of drug-likeness (QED) is 0.476. The van der Waals surface area contributed by atoms with E-state index < -0.39 is 0 Å². The molecule has 4 unspecified atom stereocenters. The number of hydrogen-bond acceptors (Lipinski definition) is 0. The first-order valence-electron chi connectivity index (χ1n) is 9.49. The zero-order valence-electron chi connectivity index (χ0n) is 14.5. The number of rotatable bonds is 0. The minimum absolute atomic E-state index is 0.375. The maximum absolute atomic E-state index is 4.54. The van der Waals surface area contributed by atoms with Gasteiger partial charge in [-0.2, -0.15) is 0 Å². The molecule has 2 spiro atoms. The Balaban J connectivity index is 1.78. The third kappa shape index (κ3) is 1.13. The lowest BCUT2D eigenvalue weighted by Gasteiger charge is -2.59. The van der Waals surface area contributed by atoms with E-state index in [9.17, 15) is 0 Å². The molecule has 5 aliphatic rings. The normalized spacial score (nSPS) is 49.6. The molecule has 0 amide bonds. The van der Waals surface area contributed by atoms with Crippen LogP contribution in [0.3, 0.4) is 0 Å². The van der Waals surface area contributed by atoms with Gasteiger partial charge in [0.25, 0.3) is 0 Å². The first-order chi connectivity index (χ1) is 10.4. The molecule has 5 aliphatic carbocycles. The van der Waals surface area contributed by atoms with E-state index in [2.05, 4.69) is 45.6 Å². The van der Waals surface area contributed by atoms with Crippen LogP contribution in [0.15, 0.2) is 36.0 Å². The summed E-state index contributed by atoms with van der Waals surface area (Å²) in [7, 11) is 0. The number of allylic oxidation sites excluding steroid dienone is 5. The highest BCUT2D eigenvalue weighted by atomic mass is 14.8. The fraction of sp³-hybridized carbons (Fsp3) is 0.727. The highest BCUT2D eigenvalue weighted by Crippen LogP contribution is 2.87. The largest absolute Gasteiger partial charge is 0.0955 e. The van der Waals surface area contributed by atoms with Crippen molar-refractivity contribution in [1.82, 2.24) is 0 Å². The molecule has 0 aromatic carbocycles. The SMILES string of the molecule is C=C1C=C2C3(CCCC3)CCC3CC=CC4(C1C4(C)C)C23C. The van der Waals surface area contributed by atoms with Gasteiger partial charge in [0.2, 0.25) is 0 Å². The van der Waals surface area contributed by atoms with E-state index in [0.717, 1.165) is 5.92 Å². The van der Waals surface area contributed by atoms with Crippen molar-refractivity contribution in [2.45, 2.75) is 65.7 Å². The second-order valence-electron chi connectivity index (χ2n) is 9.72. The van der Waals surface area contributed by atoms with E-state index in [4.69, 9.17) is 0 Å². The van der Waals surface area contributed by atoms with E-state index in [1.165, 1.54) is 50.5 Å². The van der Waals surface area contributed by atoms with Crippen molar-refractivity contribution in [2.75, 3.05) is 0 Å². The van der Waals surface area contributed by atoms with Crippen molar-refractivity contribution < 1.29 is 0 Å². The van der Waals surface area contributed by atoms with Gasteiger partial charge in [-0.1, -0.05) is 69.6 Å². The van der Waals surface area contributed by atoms with Crippen LogP contribution in [-0.2, 0) is 0 Å². The lowest BCUT2D eigenvalue weighted by atomic mass is 9.44. The minimum atomic E-state index is 0.375. The van der Waals surface area contributed by atoms with Crippen molar-refractivity contribution in [3.63, 3.8) is 0 Å². The highest BCUT2D eigenvalue weighted by molar-refractivity contribution is 5.55. The van der Waals surface area contributed by atoms with Crippen LogP contribution in [-0.4, -0.2) is 0 Å². The van der Waals surface area contributed by atoms with Gasteiger partial charge in [0, 0.05) is 10.8 Å². The van der Waals surface area contributed by atoms with Crippen molar-refractivity contribution in [3.8, 4) is 0 Å². The van der Waals surface area contributed by atoms with Crippen molar-refractivity contribution in [1.29, 1.82) is 0 Å². The lowest BCUT2D eigenvalue weighted by Crippen LogP contribution is -2.51. The van der Waals surface area contributed by atoms with Gasteiger partial charge in [0.05, 0.1) is 0 Å². The van der Waals surface area contributed by atoms with E-state index >= 15 is 0 Å². The van der Waals surface area contributed by atoms with Crippen molar-refractivity contribution >= 4 is 0 Å². The molecule has 0 radical (unpaired) electrons. The molecular formula is C22H30. The second-order valence-corrected chi connectivity index (χ2v) is 9.72. The average Bonchev–Trinajstić information content (AvgIpc) is 2.81. The average molecular weight is 294 g/mol. The fourth-order valence-corrected chi connectivity index (χ4v) is 8.13. The zero-order valence-corrected chi connectivity index (χ0v) is 14.5. The molecule has 0 aromatic heterocycles. The van der Waals surface area contributed by atoms with E-state index in [0.29, 0.717) is 27.6 Å². The molecule has 0 N–H and O–H groups in total. The summed E-state index contributed by atoms with van der Waals surface area (Å²) in [6.07, 6.45) is 17.8. The molecule has 0 heteroatoms. The molecule has 0 aliphatic heterocycles. The number of fused-ring (bicyclic) bond motifs is 1.